The molecule has 192 valence electrons. The molecule has 2 aromatic rings. The minimum absolute atomic E-state index is 0.201. The van der Waals surface area contributed by atoms with Gasteiger partial charge in [0.1, 0.15) is 0 Å². The predicted molar refractivity (Wildman–Crippen MR) is 154 cm³/mol. The van der Waals surface area contributed by atoms with E-state index in [2.05, 4.69) is 65.8 Å². The zero-order valence-corrected chi connectivity index (χ0v) is 23.9. The van der Waals surface area contributed by atoms with Crippen LogP contribution in [0.15, 0.2) is 24.3 Å². The molecule has 0 atom stereocenters. The Morgan fingerprint density at radius 3 is 1.06 bits per heavy atom. The number of rotatable bonds is 0. The highest BCUT2D eigenvalue weighted by atomic mass is 14.3. The van der Waals surface area contributed by atoms with Crippen LogP contribution in [0.25, 0.3) is 0 Å². The standard InChI is InChI=1S/C35H52/c1-34(2,3)30-22-26-17-15-13-11-9-7-8-10-12-14-16-18-27-23-31(35(4,5)6)25-29-21-28(24-30)32(26)19-20-33(27)29/h22-25H,7-21H2,1-6H3. The lowest BCUT2D eigenvalue weighted by molar-refractivity contribution is 0.549. The fraction of sp³-hybridized carbons (Fsp3) is 0.657. The molecule has 0 fully saturated rings. The van der Waals surface area contributed by atoms with E-state index in [4.69, 9.17) is 0 Å². The summed E-state index contributed by atoms with van der Waals surface area (Å²) in [5, 5.41) is 0. The Kier molecular flexibility index (Phi) is 8.50. The topological polar surface area (TPSA) is 0 Å². The summed E-state index contributed by atoms with van der Waals surface area (Å²) in [5.41, 5.74) is 13.4. The summed E-state index contributed by atoms with van der Waals surface area (Å²) in [7, 11) is 0. The molecule has 0 N–H and O–H groups in total. The number of aryl methyl sites for hydroxylation is 2. The SMILES string of the molecule is CC(C)(C)c1cc2c3c(c1)Cc1cc(C(C)(C)C)cc(c1CC3)CCCCCCCCCCCC2. The second-order valence-electron chi connectivity index (χ2n) is 13.8. The van der Waals surface area contributed by atoms with Crippen LogP contribution in [-0.4, -0.2) is 0 Å². The van der Waals surface area contributed by atoms with Crippen LogP contribution in [-0.2, 0) is 42.9 Å². The van der Waals surface area contributed by atoms with Crippen molar-refractivity contribution in [1.29, 1.82) is 0 Å². The zero-order valence-electron chi connectivity index (χ0n) is 23.9. The van der Waals surface area contributed by atoms with E-state index in [0.29, 0.717) is 0 Å². The molecule has 0 saturated heterocycles. The molecule has 0 spiro atoms. The van der Waals surface area contributed by atoms with Crippen molar-refractivity contribution in [2.45, 2.75) is 149 Å². The number of hydrogen-bond acceptors (Lipinski definition) is 0. The van der Waals surface area contributed by atoms with E-state index < -0.39 is 0 Å². The summed E-state index contributed by atoms with van der Waals surface area (Å²) >= 11 is 0. The Hall–Kier alpha value is -1.56. The van der Waals surface area contributed by atoms with Crippen molar-refractivity contribution in [1.82, 2.24) is 0 Å². The van der Waals surface area contributed by atoms with Crippen molar-refractivity contribution in [2.24, 2.45) is 0 Å². The van der Waals surface area contributed by atoms with Crippen LogP contribution in [0.5, 0.6) is 0 Å². The maximum absolute atomic E-state index is 2.59. The van der Waals surface area contributed by atoms with E-state index in [-0.39, 0.29) is 10.8 Å². The predicted octanol–water partition coefficient (Wildman–Crippen LogP) is 9.97. The van der Waals surface area contributed by atoms with Crippen molar-refractivity contribution in [2.75, 3.05) is 0 Å². The third kappa shape index (κ3) is 6.81. The van der Waals surface area contributed by atoms with Crippen LogP contribution in [0.4, 0.5) is 0 Å². The molecule has 2 aliphatic carbocycles. The quantitative estimate of drug-likeness (QED) is 0.358. The van der Waals surface area contributed by atoms with E-state index >= 15 is 0 Å². The molecule has 2 aromatic carbocycles. The van der Waals surface area contributed by atoms with Gasteiger partial charge in [-0.15, -0.1) is 0 Å². The molecule has 0 heteroatoms. The van der Waals surface area contributed by atoms with Gasteiger partial charge in [-0.25, -0.2) is 0 Å². The van der Waals surface area contributed by atoms with Gasteiger partial charge in [-0.2, -0.15) is 0 Å². The normalized spacial score (nSPS) is 18.6. The lowest BCUT2D eigenvalue weighted by Crippen LogP contribution is -2.14. The third-order valence-corrected chi connectivity index (χ3v) is 8.75. The summed E-state index contributed by atoms with van der Waals surface area (Å²) in [6, 6.07) is 10.4. The number of benzene rings is 2. The van der Waals surface area contributed by atoms with Crippen molar-refractivity contribution >= 4 is 0 Å². The van der Waals surface area contributed by atoms with Crippen molar-refractivity contribution in [3.05, 3.63) is 68.8 Å². The van der Waals surface area contributed by atoms with Crippen LogP contribution < -0.4 is 0 Å². The average molecular weight is 473 g/mol. The molecule has 0 radical (unpaired) electrons. The molecule has 0 aromatic heterocycles. The van der Waals surface area contributed by atoms with Gasteiger partial charge in [0.25, 0.3) is 0 Å². The first kappa shape index (κ1) is 26.5. The lowest BCUT2D eigenvalue weighted by atomic mass is 9.80. The summed E-state index contributed by atoms with van der Waals surface area (Å²) in [6.45, 7) is 14.3. The summed E-state index contributed by atoms with van der Waals surface area (Å²) in [4.78, 5) is 0. The van der Waals surface area contributed by atoms with Gasteiger partial charge < -0.3 is 0 Å². The smallest absolute Gasteiger partial charge is 0.00199 e. The second kappa shape index (κ2) is 11.2. The Morgan fingerprint density at radius 1 is 0.400 bits per heavy atom. The summed E-state index contributed by atoms with van der Waals surface area (Å²) in [5.74, 6) is 0. The van der Waals surface area contributed by atoms with Gasteiger partial charge in [-0.05, 0) is 100 Å². The van der Waals surface area contributed by atoms with Gasteiger partial charge in [0.2, 0.25) is 0 Å². The fourth-order valence-corrected chi connectivity index (χ4v) is 6.37. The van der Waals surface area contributed by atoms with E-state index in [1.165, 1.54) is 101 Å². The van der Waals surface area contributed by atoms with Gasteiger partial charge in [-0.1, -0.05) is 117 Å². The molecule has 2 aliphatic rings. The number of hydrogen-bond donors (Lipinski definition) is 0. The van der Waals surface area contributed by atoms with Gasteiger partial charge in [0.05, 0.1) is 0 Å². The molecule has 0 amide bonds. The Labute approximate surface area is 217 Å². The molecule has 0 heterocycles. The zero-order chi connectivity index (χ0) is 25.1. The van der Waals surface area contributed by atoms with Gasteiger partial charge in [0.15, 0.2) is 0 Å². The Morgan fingerprint density at radius 2 is 0.714 bits per heavy atom. The first-order valence-corrected chi connectivity index (χ1v) is 14.9. The maximum atomic E-state index is 2.59. The molecule has 35 heavy (non-hydrogen) atoms. The van der Waals surface area contributed by atoms with Crippen molar-refractivity contribution in [3.8, 4) is 0 Å². The Bertz CT molecular complexity index is 911. The monoisotopic (exact) mass is 472 g/mol. The molecule has 2 bridgehead atoms. The maximum Gasteiger partial charge on any atom is -0.00199 e. The van der Waals surface area contributed by atoms with Crippen LogP contribution >= 0.6 is 0 Å². The van der Waals surface area contributed by atoms with Crippen molar-refractivity contribution < 1.29 is 0 Å². The molecule has 0 unspecified atom stereocenters. The second-order valence-corrected chi connectivity index (χ2v) is 13.8. The molecular weight excluding hydrogens is 420 g/mol. The molecule has 4 rings (SSSR count). The number of fused-ring (bicyclic) bond motifs is 1. The largest absolute Gasteiger partial charge is 0.0561 e. The van der Waals surface area contributed by atoms with E-state index in [0.717, 1.165) is 6.42 Å². The first-order chi connectivity index (χ1) is 16.6. The molecular formula is C35H52. The fourth-order valence-electron chi connectivity index (χ4n) is 6.37. The van der Waals surface area contributed by atoms with E-state index in [1.54, 1.807) is 33.4 Å². The minimum atomic E-state index is 0.201. The Balaban J connectivity index is 1.78. The van der Waals surface area contributed by atoms with Crippen LogP contribution in [0.2, 0.25) is 0 Å². The van der Waals surface area contributed by atoms with Crippen LogP contribution in [0.3, 0.4) is 0 Å². The van der Waals surface area contributed by atoms with Crippen molar-refractivity contribution in [3.63, 3.8) is 0 Å². The van der Waals surface area contributed by atoms with Gasteiger partial charge in [-0.3, -0.25) is 0 Å². The highest BCUT2D eigenvalue weighted by molar-refractivity contribution is 5.51. The highest BCUT2D eigenvalue weighted by Gasteiger charge is 2.25. The minimum Gasteiger partial charge on any atom is -0.0561 e. The van der Waals surface area contributed by atoms with Crippen LogP contribution in [0, 0.1) is 0 Å². The van der Waals surface area contributed by atoms with E-state index in [1.807, 2.05) is 0 Å². The van der Waals surface area contributed by atoms with Crippen LogP contribution in [0.1, 0.15) is 150 Å². The average Bonchev–Trinajstić information content (AvgIpc) is 2.97. The summed E-state index contributed by atoms with van der Waals surface area (Å²) in [6.07, 6.45) is 20.2. The molecule has 0 saturated carbocycles. The first-order valence-electron chi connectivity index (χ1n) is 14.9. The molecule has 0 aliphatic heterocycles. The molecule has 0 nitrogen and oxygen atoms in total. The van der Waals surface area contributed by atoms with E-state index in [9.17, 15) is 0 Å². The van der Waals surface area contributed by atoms with Gasteiger partial charge in [0, 0.05) is 0 Å². The highest BCUT2D eigenvalue weighted by Crippen LogP contribution is 2.36. The lowest BCUT2D eigenvalue weighted by Gasteiger charge is -2.25. The van der Waals surface area contributed by atoms with Gasteiger partial charge >= 0.3 is 0 Å². The third-order valence-electron chi connectivity index (χ3n) is 8.75. The summed E-state index contributed by atoms with van der Waals surface area (Å²) < 4.78 is 0.